The zero-order chi connectivity index (χ0) is 20.8. The van der Waals surface area contributed by atoms with Gasteiger partial charge < -0.3 is 19.7 Å². The molecular formula is C22H25BrN2O4. The lowest BCUT2D eigenvalue weighted by Crippen LogP contribution is -2.29. The van der Waals surface area contributed by atoms with Crippen molar-refractivity contribution in [3.8, 4) is 11.5 Å². The van der Waals surface area contributed by atoms with Crippen LogP contribution in [0.2, 0.25) is 0 Å². The van der Waals surface area contributed by atoms with Crippen LogP contribution in [0.3, 0.4) is 0 Å². The molecule has 0 bridgehead atoms. The number of rotatable bonds is 7. The number of benzene rings is 2. The van der Waals surface area contributed by atoms with Crippen molar-refractivity contribution in [2.45, 2.75) is 25.7 Å². The number of nitrogens with zero attached hydrogens (tertiary/aromatic N) is 1. The highest BCUT2D eigenvalue weighted by molar-refractivity contribution is 9.10. The second-order valence-corrected chi connectivity index (χ2v) is 7.75. The molecule has 2 aromatic carbocycles. The number of hydrogen-bond acceptors (Lipinski definition) is 4. The van der Waals surface area contributed by atoms with Crippen molar-refractivity contribution >= 4 is 33.4 Å². The van der Waals surface area contributed by atoms with E-state index in [1.165, 1.54) is 14.2 Å². The van der Waals surface area contributed by atoms with Gasteiger partial charge in [0.05, 0.1) is 25.5 Å². The maximum absolute atomic E-state index is 13.0. The van der Waals surface area contributed by atoms with Crippen molar-refractivity contribution in [2.24, 2.45) is 0 Å². The lowest BCUT2D eigenvalue weighted by atomic mass is 10.1. The molecular weight excluding hydrogens is 436 g/mol. The van der Waals surface area contributed by atoms with Crippen LogP contribution in [-0.4, -0.2) is 44.0 Å². The Morgan fingerprint density at radius 1 is 1.07 bits per heavy atom. The van der Waals surface area contributed by atoms with Crippen LogP contribution in [0.4, 0.5) is 5.69 Å². The fourth-order valence-corrected chi connectivity index (χ4v) is 3.89. The summed E-state index contributed by atoms with van der Waals surface area (Å²) in [6, 6.07) is 11.1. The van der Waals surface area contributed by atoms with Crippen molar-refractivity contribution in [1.29, 1.82) is 0 Å². The monoisotopic (exact) mass is 460 g/mol. The molecule has 0 atom stereocenters. The van der Waals surface area contributed by atoms with E-state index in [9.17, 15) is 9.59 Å². The van der Waals surface area contributed by atoms with E-state index in [0.717, 1.165) is 36.0 Å². The SMILES string of the molecule is COc1cc(NC(=O)CCc2ccccc2Br)c(C(=O)N2CCCC2)cc1OC. The lowest BCUT2D eigenvalue weighted by Gasteiger charge is -2.20. The Kier molecular flexibility index (Phi) is 7.14. The summed E-state index contributed by atoms with van der Waals surface area (Å²) in [6.45, 7) is 1.45. The fourth-order valence-electron chi connectivity index (χ4n) is 3.41. The summed E-state index contributed by atoms with van der Waals surface area (Å²) in [5.41, 5.74) is 1.92. The van der Waals surface area contributed by atoms with E-state index in [1.807, 2.05) is 24.3 Å². The number of methoxy groups -OCH3 is 2. The average Bonchev–Trinajstić information content (AvgIpc) is 3.27. The molecule has 0 aromatic heterocycles. The Labute approximate surface area is 179 Å². The van der Waals surface area contributed by atoms with Crippen LogP contribution in [0, 0.1) is 0 Å². The first-order valence-electron chi connectivity index (χ1n) is 9.62. The van der Waals surface area contributed by atoms with Gasteiger partial charge in [0.2, 0.25) is 5.91 Å². The highest BCUT2D eigenvalue weighted by atomic mass is 79.9. The molecule has 1 fully saturated rings. The quantitative estimate of drug-likeness (QED) is 0.669. The number of carbonyl (C=O) groups excluding carboxylic acids is 2. The minimum atomic E-state index is -0.163. The molecule has 1 saturated heterocycles. The summed E-state index contributed by atoms with van der Waals surface area (Å²) in [5, 5.41) is 2.89. The van der Waals surface area contributed by atoms with Crippen molar-refractivity contribution < 1.29 is 19.1 Å². The molecule has 1 aliphatic rings. The minimum Gasteiger partial charge on any atom is -0.493 e. The third kappa shape index (κ3) is 5.09. The number of carbonyl (C=O) groups is 2. The van der Waals surface area contributed by atoms with Gasteiger partial charge in [-0.15, -0.1) is 0 Å². The van der Waals surface area contributed by atoms with Crippen molar-refractivity contribution in [3.05, 3.63) is 52.0 Å². The molecule has 0 aliphatic carbocycles. The Balaban J connectivity index is 1.81. The van der Waals surface area contributed by atoms with E-state index in [0.29, 0.717) is 35.6 Å². The third-order valence-corrected chi connectivity index (χ3v) is 5.77. The molecule has 1 aliphatic heterocycles. The Morgan fingerprint density at radius 2 is 1.72 bits per heavy atom. The number of nitrogens with one attached hydrogen (secondary N) is 1. The van der Waals surface area contributed by atoms with E-state index in [2.05, 4.69) is 21.2 Å². The molecule has 1 heterocycles. The second-order valence-electron chi connectivity index (χ2n) is 6.89. The minimum absolute atomic E-state index is 0.107. The highest BCUT2D eigenvalue weighted by Crippen LogP contribution is 2.34. The molecule has 6 nitrogen and oxygen atoms in total. The van der Waals surface area contributed by atoms with Crippen LogP contribution in [-0.2, 0) is 11.2 Å². The molecule has 0 saturated carbocycles. The van der Waals surface area contributed by atoms with E-state index >= 15 is 0 Å². The maximum Gasteiger partial charge on any atom is 0.256 e. The number of likely N-dealkylation sites (tertiary alicyclic amines) is 1. The van der Waals surface area contributed by atoms with Gasteiger partial charge in [-0.3, -0.25) is 9.59 Å². The van der Waals surface area contributed by atoms with Crippen LogP contribution < -0.4 is 14.8 Å². The Morgan fingerprint density at radius 3 is 2.38 bits per heavy atom. The van der Waals surface area contributed by atoms with Crippen molar-refractivity contribution in [3.63, 3.8) is 0 Å². The van der Waals surface area contributed by atoms with Gasteiger partial charge in [-0.25, -0.2) is 0 Å². The predicted octanol–water partition coefficient (Wildman–Crippen LogP) is 4.27. The average molecular weight is 461 g/mol. The first-order chi connectivity index (χ1) is 14.0. The third-order valence-electron chi connectivity index (χ3n) is 5.00. The Bertz CT molecular complexity index is 894. The molecule has 7 heteroatoms. The van der Waals surface area contributed by atoms with Gasteiger partial charge in [-0.2, -0.15) is 0 Å². The summed E-state index contributed by atoms with van der Waals surface area (Å²) in [6.07, 6.45) is 2.88. The lowest BCUT2D eigenvalue weighted by molar-refractivity contribution is -0.116. The molecule has 2 aromatic rings. The first-order valence-corrected chi connectivity index (χ1v) is 10.4. The van der Waals surface area contributed by atoms with Gasteiger partial charge >= 0.3 is 0 Å². The van der Waals surface area contributed by atoms with E-state index in [-0.39, 0.29) is 11.8 Å². The predicted molar refractivity (Wildman–Crippen MR) is 116 cm³/mol. The zero-order valence-corrected chi connectivity index (χ0v) is 18.3. The largest absolute Gasteiger partial charge is 0.493 e. The van der Waals surface area contributed by atoms with Crippen molar-refractivity contribution in [2.75, 3.05) is 32.6 Å². The normalized spacial score (nSPS) is 13.3. The second kappa shape index (κ2) is 9.78. The first kappa shape index (κ1) is 21.2. The smallest absolute Gasteiger partial charge is 0.256 e. The molecule has 2 amide bonds. The van der Waals surface area contributed by atoms with Gasteiger partial charge in [0, 0.05) is 30.0 Å². The molecule has 29 heavy (non-hydrogen) atoms. The molecule has 3 rings (SSSR count). The summed E-state index contributed by atoms with van der Waals surface area (Å²) in [7, 11) is 3.05. The van der Waals surface area contributed by atoms with E-state index in [1.54, 1.807) is 17.0 Å². The number of ether oxygens (including phenoxy) is 2. The number of aryl methyl sites for hydroxylation is 1. The summed E-state index contributed by atoms with van der Waals surface area (Å²) in [5.74, 6) is 0.654. The standard InChI is InChI=1S/C22H25BrN2O4/c1-28-19-13-16(22(27)25-11-5-6-12-25)18(14-20(19)29-2)24-21(26)10-9-15-7-3-4-8-17(15)23/h3-4,7-8,13-14H,5-6,9-12H2,1-2H3,(H,24,26). The zero-order valence-electron chi connectivity index (χ0n) is 16.7. The van der Waals surface area contributed by atoms with Gasteiger partial charge in [0.1, 0.15) is 0 Å². The van der Waals surface area contributed by atoms with Gasteiger partial charge in [0.15, 0.2) is 11.5 Å². The maximum atomic E-state index is 13.0. The van der Waals surface area contributed by atoms with Crippen LogP contribution in [0.15, 0.2) is 40.9 Å². The topological polar surface area (TPSA) is 67.9 Å². The molecule has 0 spiro atoms. The molecule has 0 unspecified atom stereocenters. The van der Waals surface area contributed by atoms with Crippen molar-refractivity contribution in [1.82, 2.24) is 4.90 Å². The summed E-state index contributed by atoms with van der Waals surface area (Å²) >= 11 is 3.50. The summed E-state index contributed by atoms with van der Waals surface area (Å²) < 4.78 is 11.7. The number of anilines is 1. The number of hydrogen-bond donors (Lipinski definition) is 1. The van der Waals surface area contributed by atoms with Crippen LogP contribution in [0.5, 0.6) is 11.5 Å². The molecule has 1 N–H and O–H groups in total. The number of halogens is 1. The number of amides is 2. The van der Waals surface area contributed by atoms with Gasteiger partial charge in [0.25, 0.3) is 5.91 Å². The van der Waals surface area contributed by atoms with Gasteiger partial charge in [-0.1, -0.05) is 34.1 Å². The fraction of sp³-hybridized carbons (Fsp3) is 0.364. The highest BCUT2D eigenvalue weighted by Gasteiger charge is 2.25. The molecule has 154 valence electrons. The van der Waals surface area contributed by atoms with E-state index < -0.39 is 0 Å². The van der Waals surface area contributed by atoms with Crippen LogP contribution in [0.25, 0.3) is 0 Å². The van der Waals surface area contributed by atoms with Crippen LogP contribution in [0.1, 0.15) is 35.2 Å². The Hall–Kier alpha value is -2.54. The van der Waals surface area contributed by atoms with E-state index in [4.69, 9.17) is 9.47 Å². The van der Waals surface area contributed by atoms with Crippen LogP contribution >= 0.6 is 15.9 Å². The molecule has 0 radical (unpaired) electrons. The van der Waals surface area contributed by atoms with Gasteiger partial charge in [-0.05, 0) is 37.0 Å². The summed E-state index contributed by atoms with van der Waals surface area (Å²) in [4.78, 5) is 27.4.